The van der Waals surface area contributed by atoms with Crippen molar-refractivity contribution in [2.24, 2.45) is 0 Å². The molecule has 1 saturated heterocycles. The van der Waals surface area contributed by atoms with Crippen LogP contribution in [0.15, 0.2) is 18.2 Å². The Labute approximate surface area is 112 Å². The molecule has 1 aromatic rings. The molecule has 0 aliphatic carbocycles. The molecule has 5 heteroatoms. The Bertz CT molecular complexity index is 445. The molecule has 2 N–H and O–H groups in total. The van der Waals surface area contributed by atoms with E-state index in [2.05, 4.69) is 10.6 Å². The van der Waals surface area contributed by atoms with E-state index in [1.165, 1.54) is 19.2 Å². The molecule has 0 radical (unpaired) electrons. The summed E-state index contributed by atoms with van der Waals surface area (Å²) in [4.78, 5) is 11.8. The number of amides is 1. The van der Waals surface area contributed by atoms with Gasteiger partial charge in [-0.1, -0.05) is 0 Å². The number of rotatable bonds is 5. The quantitative estimate of drug-likeness (QED) is 0.851. The van der Waals surface area contributed by atoms with Crippen LogP contribution >= 0.6 is 0 Å². The molecule has 0 saturated carbocycles. The predicted molar refractivity (Wildman–Crippen MR) is 70.4 cm³/mol. The molecular formula is C14H19FN2O2. The Morgan fingerprint density at radius 3 is 3.11 bits per heavy atom. The third-order valence-electron chi connectivity index (χ3n) is 3.31. The van der Waals surface area contributed by atoms with Gasteiger partial charge in [-0.2, -0.15) is 0 Å². The number of methoxy groups -OCH3 is 1. The van der Waals surface area contributed by atoms with Crippen LogP contribution < -0.4 is 15.4 Å². The molecule has 0 aromatic heterocycles. The molecular weight excluding hydrogens is 247 g/mol. The van der Waals surface area contributed by atoms with Gasteiger partial charge < -0.3 is 15.4 Å². The molecule has 2 rings (SSSR count). The number of carbonyl (C=O) groups is 1. The second-order valence-electron chi connectivity index (χ2n) is 4.73. The monoisotopic (exact) mass is 266 g/mol. The number of benzene rings is 1. The fraction of sp³-hybridized carbons (Fsp3) is 0.500. The van der Waals surface area contributed by atoms with Gasteiger partial charge in [-0.3, -0.25) is 4.79 Å². The topological polar surface area (TPSA) is 50.4 Å². The van der Waals surface area contributed by atoms with Crippen LogP contribution in [0.25, 0.3) is 0 Å². The van der Waals surface area contributed by atoms with Crippen molar-refractivity contribution in [3.05, 3.63) is 29.6 Å². The third kappa shape index (κ3) is 3.92. The van der Waals surface area contributed by atoms with Crippen molar-refractivity contribution < 1.29 is 13.9 Å². The minimum Gasteiger partial charge on any atom is -0.496 e. The molecule has 1 unspecified atom stereocenters. The second-order valence-corrected chi connectivity index (χ2v) is 4.73. The van der Waals surface area contributed by atoms with Crippen molar-refractivity contribution in [3.63, 3.8) is 0 Å². The van der Waals surface area contributed by atoms with Crippen LogP contribution in [0, 0.1) is 5.82 Å². The van der Waals surface area contributed by atoms with Gasteiger partial charge in [0.05, 0.1) is 7.11 Å². The summed E-state index contributed by atoms with van der Waals surface area (Å²) in [5.74, 6) is 0.230. The first-order valence-corrected chi connectivity index (χ1v) is 6.51. The summed E-state index contributed by atoms with van der Waals surface area (Å²) in [5, 5.41) is 6.07. The Morgan fingerprint density at radius 1 is 1.58 bits per heavy atom. The van der Waals surface area contributed by atoms with Crippen molar-refractivity contribution in [2.75, 3.05) is 13.7 Å². The Balaban J connectivity index is 1.87. The van der Waals surface area contributed by atoms with Crippen molar-refractivity contribution in [1.82, 2.24) is 10.6 Å². The van der Waals surface area contributed by atoms with Crippen LogP contribution in [-0.4, -0.2) is 25.6 Å². The van der Waals surface area contributed by atoms with Gasteiger partial charge in [0.1, 0.15) is 11.6 Å². The maximum Gasteiger partial charge on any atom is 0.221 e. The molecule has 1 aliphatic heterocycles. The molecule has 1 heterocycles. The van der Waals surface area contributed by atoms with E-state index in [0.717, 1.165) is 19.4 Å². The number of hydrogen-bond acceptors (Lipinski definition) is 3. The first-order valence-electron chi connectivity index (χ1n) is 6.51. The molecule has 1 aliphatic rings. The normalized spacial score (nSPS) is 18.3. The summed E-state index contributed by atoms with van der Waals surface area (Å²) in [7, 11) is 1.53. The van der Waals surface area contributed by atoms with Crippen LogP contribution in [0.3, 0.4) is 0 Å². The third-order valence-corrected chi connectivity index (χ3v) is 3.31. The minimum absolute atomic E-state index is 0.0225. The number of nitrogens with one attached hydrogen (secondary N) is 2. The summed E-state index contributed by atoms with van der Waals surface area (Å²) in [5.41, 5.74) is 0.648. The molecule has 19 heavy (non-hydrogen) atoms. The van der Waals surface area contributed by atoms with Gasteiger partial charge >= 0.3 is 0 Å². The highest BCUT2D eigenvalue weighted by atomic mass is 19.1. The average molecular weight is 266 g/mol. The predicted octanol–water partition coefficient (Wildman–Crippen LogP) is 1.59. The van der Waals surface area contributed by atoms with Crippen LogP contribution in [0.4, 0.5) is 4.39 Å². The van der Waals surface area contributed by atoms with E-state index in [1.54, 1.807) is 6.07 Å². The molecule has 0 bridgehead atoms. The van der Waals surface area contributed by atoms with Crippen molar-refractivity contribution in [2.45, 2.75) is 31.8 Å². The highest BCUT2D eigenvalue weighted by molar-refractivity contribution is 5.76. The lowest BCUT2D eigenvalue weighted by Crippen LogP contribution is -2.31. The van der Waals surface area contributed by atoms with Crippen LogP contribution in [-0.2, 0) is 11.3 Å². The van der Waals surface area contributed by atoms with E-state index in [-0.39, 0.29) is 24.3 Å². The van der Waals surface area contributed by atoms with Crippen LogP contribution in [0.2, 0.25) is 0 Å². The van der Waals surface area contributed by atoms with Crippen molar-refractivity contribution in [3.8, 4) is 5.75 Å². The zero-order valence-electron chi connectivity index (χ0n) is 11.0. The zero-order valence-corrected chi connectivity index (χ0v) is 11.0. The number of carbonyl (C=O) groups excluding carboxylic acids is 1. The first-order chi connectivity index (χ1) is 9.19. The molecule has 0 spiro atoms. The lowest BCUT2D eigenvalue weighted by atomic mass is 10.1. The Morgan fingerprint density at radius 2 is 2.42 bits per heavy atom. The standard InChI is InChI=1S/C14H19FN2O2/c1-19-13-5-4-11(15)7-10(13)9-17-14(18)8-12-3-2-6-16-12/h4-5,7,12,16H,2-3,6,8-9H2,1H3,(H,17,18). The zero-order chi connectivity index (χ0) is 13.7. The minimum atomic E-state index is -0.331. The van der Waals surface area contributed by atoms with E-state index >= 15 is 0 Å². The number of ether oxygens (including phenoxy) is 1. The molecule has 1 aromatic carbocycles. The van der Waals surface area contributed by atoms with Crippen LogP contribution in [0.1, 0.15) is 24.8 Å². The van der Waals surface area contributed by atoms with Gasteiger partial charge in [-0.15, -0.1) is 0 Å². The fourth-order valence-electron chi connectivity index (χ4n) is 2.31. The van der Waals surface area contributed by atoms with Gasteiger partial charge in [0, 0.05) is 24.6 Å². The van der Waals surface area contributed by atoms with E-state index < -0.39 is 0 Å². The highest BCUT2D eigenvalue weighted by Gasteiger charge is 2.17. The van der Waals surface area contributed by atoms with Gasteiger partial charge in [0.25, 0.3) is 0 Å². The number of halogens is 1. The van der Waals surface area contributed by atoms with Crippen molar-refractivity contribution >= 4 is 5.91 Å². The lowest BCUT2D eigenvalue weighted by molar-refractivity contribution is -0.121. The lowest BCUT2D eigenvalue weighted by Gasteiger charge is -2.12. The van der Waals surface area contributed by atoms with E-state index in [4.69, 9.17) is 4.74 Å². The number of hydrogen-bond donors (Lipinski definition) is 2. The molecule has 4 nitrogen and oxygen atoms in total. The van der Waals surface area contributed by atoms with E-state index in [9.17, 15) is 9.18 Å². The molecule has 1 amide bonds. The summed E-state index contributed by atoms with van der Waals surface area (Å²) in [6, 6.07) is 4.56. The second kappa shape index (κ2) is 6.52. The Kier molecular flexibility index (Phi) is 4.74. The fourth-order valence-corrected chi connectivity index (χ4v) is 2.31. The maximum absolute atomic E-state index is 13.2. The molecule has 1 atom stereocenters. The summed E-state index contributed by atoms with van der Waals surface area (Å²) in [6.07, 6.45) is 2.63. The summed E-state index contributed by atoms with van der Waals surface area (Å²) in [6.45, 7) is 1.27. The average Bonchev–Trinajstić information content (AvgIpc) is 2.89. The van der Waals surface area contributed by atoms with E-state index in [0.29, 0.717) is 17.7 Å². The van der Waals surface area contributed by atoms with Crippen molar-refractivity contribution in [1.29, 1.82) is 0 Å². The van der Waals surface area contributed by atoms with Gasteiger partial charge in [0.15, 0.2) is 0 Å². The van der Waals surface area contributed by atoms with E-state index in [1.807, 2.05) is 0 Å². The SMILES string of the molecule is COc1ccc(F)cc1CNC(=O)CC1CCCN1. The summed E-state index contributed by atoms with van der Waals surface area (Å²) >= 11 is 0. The maximum atomic E-state index is 13.2. The van der Waals surface area contributed by atoms with Crippen LogP contribution in [0.5, 0.6) is 5.75 Å². The smallest absolute Gasteiger partial charge is 0.221 e. The van der Waals surface area contributed by atoms with Gasteiger partial charge in [-0.05, 0) is 37.6 Å². The summed E-state index contributed by atoms with van der Waals surface area (Å²) < 4.78 is 18.3. The largest absolute Gasteiger partial charge is 0.496 e. The molecule has 1 fully saturated rings. The highest BCUT2D eigenvalue weighted by Crippen LogP contribution is 2.19. The Hall–Kier alpha value is -1.62. The van der Waals surface area contributed by atoms with Gasteiger partial charge in [0.2, 0.25) is 5.91 Å². The first kappa shape index (κ1) is 13.8. The molecule has 104 valence electrons. The van der Waals surface area contributed by atoms with Gasteiger partial charge in [-0.25, -0.2) is 4.39 Å².